The van der Waals surface area contributed by atoms with Crippen LogP contribution in [-0.4, -0.2) is 24.5 Å². The van der Waals surface area contributed by atoms with Crippen LogP contribution >= 0.6 is 24.8 Å². The fourth-order valence-corrected chi connectivity index (χ4v) is 3.36. The Morgan fingerprint density at radius 3 is 2.64 bits per heavy atom. The van der Waals surface area contributed by atoms with Gasteiger partial charge in [-0.3, -0.25) is 4.90 Å². The number of alkyl halides is 3. The lowest BCUT2D eigenvalue weighted by molar-refractivity contribution is -0.138. The van der Waals surface area contributed by atoms with Gasteiger partial charge in [0, 0.05) is 32.2 Å². The number of nitrogens with zero attached hydrogens (tertiary/aromatic N) is 1. The van der Waals surface area contributed by atoms with Crippen molar-refractivity contribution in [2.24, 2.45) is 0 Å². The van der Waals surface area contributed by atoms with Gasteiger partial charge in [-0.15, -0.1) is 24.8 Å². The number of benzene rings is 1. The summed E-state index contributed by atoms with van der Waals surface area (Å²) in [6, 6.07) is 3.46. The van der Waals surface area contributed by atoms with Crippen LogP contribution in [0, 0.1) is 0 Å². The molecule has 126 valence electrons. The van der Waals surface area contributed by atoms with Crippen molar-refractivity contribution in [2.45, 2.75) is 38.5 Å². The molecule has 0 bridgehead atoms. The van der Waals surface area contributed by atoms with E-state index in [1.807, 2.05) is 13.0 Å². The maximum atomic E-state index is 13.3. The molecule has 0 saturated carbocycles. The second-order valence-electron chi connectivity index (χ2n) is 5.65. The highest BCUT2D eigenvalue weighted by Gasteiger charge is 2.41. The molecule has 0 amide bonds. The van der Waals surface area contributed by atoms with Crippen molar-refractivity contribution in [2.75, 3.05) is 19.6 Å². The van der Waals surface area contributed by atoms with Crippen molar-refractivity contribution < 1.29 is 13.2 Å². The van der Waals surface area contributed by atoms with E-state index < -0.39 is 11.7 Å². The van der Waals surface area contributed by atoms with Gasteiger partial charge >= 0.3 is 6.18 Å². The molecule has 0 aromatic heterocycles. The molecule has 7 heteroatoms. The lowest BCUT2D eigenvalue weighted by Crippen LogP contribution is -2.42. The summed E-state index contributed by atoms with van der Waals surface area (Å²) in [7, 11) is 0. The minimum Gasteiger partial charge on any atom is -0.314 e. The van der Waals surface area contributed by atoms with Crippen molar-refractivity contribution in [1.29, 1.82) is 0 Å². The summed E-state index contributed by atoms with van der Waals surface area (Å²) in [5, 5.41) is 3.28. The smallest absolute Gasteiger partial charge is 0.314 e. The molecule has 0 unspecified atom stereocenters. The fraction of sp³-hybridized carbons (Fsp3) is 0.600. The minimum absolute atomic E-state index is 0. The molecule has 1 saturated heterocycles. The van der Waals surface area contributed by atoms with Crippen LogP contribution < -0.4 is 5.32 Å². The second-order valence-corrected chi connectivity index (χ2v) is 5.65. The summed E-state index contributed by atoms with van der Waals surface area (Å²) >= 11 is 0. The van der Waals surface area contributed by atoms with Crippen LogP contribution in [0.4, 0.5) is 13.2 Å². The predicted octanol–water partition coefficient (Wildman–Crippen LogP) is 3.96. The van der Waals surface area contributed by atoms with Gasteiger partial charge in [0.05, 0.1) is 5.56 Å². The van der Waals surface area contributed by atoms with Crippen LogP contribution in [0.25, 0.3) is 0 Å². The van der Waals surface area contributed by atoms with Crippen LogP contribution in [0.1, 0.15) is 41.6 Å². The van der Waals surface area contributed by atoms with Gasteiger partial charge in [-0.1, -0.05) is 19.4 Å². The summed E-state index contributed by atoms with van der Waals surface area (Å²) in [5.74, 6) is 0. The second kappa shape index (κ2) is 7.39. The Balaban J connectivity index is 0.00000121. The summed E-state index contributed by atoms with van der Waals surface area (Å²) in [5.41, 5.74) is 1.76. The van der Waals surface area contributed by atoms with Crippen molar-refractivity contribution in [1.82, 2.24) is 10.2 Å². The van der Waals surface area contributed by atoms with E-state index in [9.17, 15) is 13.2 Å². The first kappa shape index (κ1) is 19.6. The standard InChI is InChI=1S/C15H19F3N2.2ClH/c1-2-3-10-6-11-12(13(7-10)15(16,17)18)9-20-5-4-19-8-14(11)20;;/h6-7,14,19H,2-5,8-9H2,1H3;2*1H/t14-;;/m0../s1. The van der Waals surface area contributed by atoms with Gasteiger partial charge in [0.25, 0.3) is 0 Å². The zero-order valence-electron chi connectivity index (χ0n) is 12.4. The number of aryl methyl sites for hydroxylation is 1. The molecule has 3 rings (SSSR count). The Bertz CT molecular complexity index is 520. The first-order valence-electron chi connectivity index (χ1n) is 7.18. The lowest BCUT2D eigenvalue weighted by atomic mass is 9.94. The number of hydrogen-bond donors (Lipinski definition) is 1. The zero-order chi connectivity index (χ0) is 14.3. The SMILES string of the molecule is CCCc1cc2c(c(C(F)(F)F)c1)CN1CCNC[C@@H]21.Cl.Cl. The minimum atomic E-state index is -4.25. The van der Waals surface area contributed by atoms with Gasteiger partial charge in [0.1, 0.15) is 0 Å². The number of hydrogen-bond acceptors (Lipinski definition) is 2. The van der Waals surface area contributed by atoms with Crippen LogP contribution in [0.2, 0.25) is 0 Å². The average Bonchev–Trinajstić information content (AvgIpc) is 2.76. The van der Waals surface area contributed by atoms with E-state index in [1.165, 1.54) is 6.07 Å². The molecular weight excluding hydrogens is 336 g/mol. The summed E-state index contributed by atoms with van der Waals surface area (Å²) in [6.07, 6.45) is -2.69. The third kappa shape index (κ3) is 3.53. The number of piperazine rings is 1. The molecule has 1 aromatic rings. The zero-order valence-corrected chi connectivity index (χ0v) is 14.0. The largest absolute Gasteiger partial charge is 0.416 e. The molecule has 1 aromatic carbocycles. The van der Waals surface area contributed by atoms with Crippen LogP contribution in [-0.2, 0) is 19.1 Å². The summed E-state index contributed by atoms with van der Waals surface area (Å²) < 4.78 is 39.9. The molecule has 2 aliphatic rings. The number of halogens is 5. The highest BCUT2D eigenvalue weighted by molar-refractivity contribution is 5.85. The summed E-state index contributed by atoms with van der Waals surface area (Å²) in [4.78, 5) is 2.16. The quantitative estimate of drug-likeness (QED) is 0.862. The first-order chi connectivity index (χ1) is 9.50. The van der Waals surface area contributed by atoms with Crippen LogP contribution in [0.5, 0.6) is 0 Å². The third-order valence-corrected chi connectivity index (χ3v) is 4.26. The van der Waals surface area contributed by atoms with Gasteiger partial charge in [-0.05, 0) is 29.2 Å². The number of nitrogens with one attached hydrogen (secondary N) is 1. The van der Waals surface area contributed by atoms with Gasteiger partial charge in [0.2, 0.25) is 0 Å². The molecule has 0 radical (unpaired) electrons. The molecular formula is C15H21Cl2F3N2. The molecule has 22 heavy (non-hydrogen) atoms. The lowest BCUT2D eigenvalue weighted by Gasteiger charge is -2.30. The Labute approximate surface area is 141 Å². The van der Waals surface area contributed by atoms with Crippen molar-refractivity contribution in [3.05, 3.63) is 34.4 Å². The molecule has 1 fully saturated rings. The first-order valence-corrected chi connectivity index (χ1v) is 7.18. The van der Waals surface area contributed by atoms with Crippen LogP contribution in [0.3, 0.4) is 0 Å². The molecule has 1 atom stereocenters. The van der Waals surface area contributed by atoms with E-state index in [0.717, 1.165) is 37.2 Å². The predicted molar refractivity (Wildman–Crippen MR) is 86.0 cm³/mol. The maximum Gasteiger partial charge on any atom is 0.416 e. The topological polar surface area (TPSA) is 15.3 Å². The number of rotatable bonds is 2. The normalized spacial score (nSPS) is 20.6. The molecule has 0 spiro atoms. The van der Waals surface area contributed by atoms with E-state index >= 15 is 0 Å². The van der Waals surface area contributed by atoms with Crippen LogP contribution in [0.15, 0.2) is 12.1 Å². The molecule has 2 heterocycles. The van der Waals surface area contributed by atoms with Crippen molar-refractivity contribution >= 4 is 24.8 Å². The van der Waals surface area contributed by atoms with Crippen molar-refractivity contribution in [3.8, 4) is 0 Å². The van der Waals surface area contributed by atoms with Gasteiger partial charge in [-0.2, -0.15) is 13.2 Å². The average molecular weight is 357 g/mol. The Morgan fingerprint density at radius 2 is 2.00 bits per heavy atom. The highest BCUT2D eigenvalue weighted by Crippen LogP contribution is 2.42. The van der Waals surface area contributed by atoms with Crippen molar-refractivity contribution in [3.63, 3.8) is 0 Å². The fourth-order valence-electron chi connectivity index (χ4n) is 3.36. The maximum absolute atomic E-state index is 13.3. The summed E-state index contributed by atoms with van der Waals surface area (Å²) in [6.45, 7) is 4.85. The van der Waals surface area contributed by atoms with E-state index in [0.29, 0.717) is 18.5 Å². The van der Waals surface area contributed by atoms with E-state index in [-0.39, 0.29) is 30.9 Å². The molecule has 1 N–H and O–H groups in total. The molecule has 0 aliphatic carbocycles. The number of fused-ring (bicyclic) bond motifs is 3. The van der Waals surface area contributed by atoms with E-state index in [4.69, 9.17) is 0 Å². The van der Waals surface area contributed by atoms with Gasteiger partial charge in [0.15, 0.2) is 0 Å². The molecule has 2 nitrogen and oxygen atoms in total. The van der Waals surface area contributed by atoms with E-state index in [2.05, 4.69) is 10.2 Å². The van der Waals surface area contributed by atoms with Gasteiger partial charge in [-0.25, -0.2) is 0 Å². The Hall–Kier alpha value is -0.490. The monoisotopic (exact) mass is 356 g/mol. The highest BCUT2D eigenvalue weighted by atomic mass is 35.5. The van der Waals surface area contributed by atoms with Gasteiger partial charge < -0.3 is 5.32 Å². The van der Waals surface area contributed by atoms with E-state index in [1.54, 1.807) is 0 Å². The third-order valence-electron chi connectivity index (χ3n) is 4.26. The Morgan fingerprint density at radius 1 is 1.27 bits per heavy atom. The molecule has 2 aliphatic heterocycles. The Kier molecular flexibility index (Phi) is 6.57.